The van der Waals surface area contributed by atoms with Crippen molar-refractivity contribution < 1.29 is 14.3 Å². The topological polar surface area (TPSA) is 81.4 Å². The van der Waals surface area contributed by atoms with E-state index in [0.717, 1.165) is 35.3 Å². The molecule has 0 saturated carbocycles. The summed E-state index contributed by atoms with van der Waals surface area (Å²) >= 11 is 1.46. The quantitative estimate of drug-likeness (QED) is 0.499. The van der Waals surface area contributed by atoms with Crippen molar-refractivity contribution in [2.45, 2.75) is 45.4 Å². The van der Waals surface area contributed by atoms with Gasteiger partial charge >= 0.3 is 0 Å². The van der Waals surface area contributed by atoms with E-state index >= 15 is 0 Å². The highest BCUT2D eigenvalue weighted by atomic mass is 32.1. The lowest BCUT2D eigenvalue weighted by Crippen LogP contribution is -2.23. The van der Waals surface area contributed by atoms with Gasteiger partial charge in [0.15, 0.2) is 6.61 Å². The molecule has 172 valence electrons. The fourth-order valence-electron chi connectivity index (χ4n) is 4.40. The van der Waals surface area contributed by atoms with Crippen molar-refractivity contribution in [2.75, 3.05) is 11.9 Å². The predicted octanol–water partition coefficient (Wildman–Crippen LogP) is 5.32. The van der Waals surface area contributed by atoms with Crippen LogP contribution >= 0.6 is 11.3 Å². The van der Waals surface area contributed by atoms with Crippen LogP contribution in [0.1, 0.15) is 59.1 Å². The maximum atomic E-state index is 12.6. The maximum Gasteiger partial charge on any atom is 0.262 e. The van der Waals surface area contributed by atoms with Crippen LogP contribution in [0.3, 0.4) is 0 Å². The molecule has 0 fully saturated rings. The van der Waals surface area contributed by atoms with E-state index in [4.69, 9.17) is 10.5 Å². The Bertz CT molecular complexity index is 1150. The van der Waals surface area contributed by atoms with Crippen molar-refractivity contribution in [1.82, 2.24) is 0 Å². The number of hydrogen-bond donors (Lipinski definition) is 2. The number of carbonyl (C=O) groups excluding carboxylic acids is 2. The van der Waals surface area contributed by atoms with Crippen LogP contribution in [-0.2, 0) is 23.1 Å². The van der Waals surface area contributed by atoms with Gasteiger partial charge in [0, 0.05) is 10.3 Å². The number of amides is 2. The lowest BCUT2D eigenvalue weighted by atomic mass is 9.78. The lowest BCUT2D eigenvalue weighted by molar-refractivity contribution is -0.118. The standard InChI is InChI=1S/C27H30N2O3S/c1-17-9-14-21-22(15-17)33-26(24(21)25(28)31)29-23(30)16-32-20-12-10-19(11-13-20)27(2,3)18-7-5-4-6-8-18/h4-8,10-13,17H,9,14-16H2,1-3H3,(H2,28,31)(H,29,30). The van der Waals surface area contributed by atoms with E-state index in [2.05, 4.69) is 38.2 Å². The predicted molar refractivity (Wildman–Crippen MR) is 133 cm³/mol. The Morgan fingerprint density at radius 2 is 1.76 bits per heavy atom. The summed E-state index contributed by atoms with van der Waals surface area (Å²) in [4.78, 5) is 25.8. The van der Waals surface area contributed by atoms with Crippen molar-refractivity contribution in [2.24, 2.45) is 11.7 Å². The number of hydrogen-bond acceptors (Lipinski definition) is 4. The average molecular weight is 463 g/mol. The molecule has 0 radical (unpaired) electrons. The summed E-state index contributed by atoms with van der Waals surface area (Å²) in [6.07, 6.45) is 2.76. The molecule has 1 aliphatic carbocycles. The molecule has 1 aliphatic rings. The minimum absolute atomic E-state index is 0.140. The number of rotatable bonds is 7. The smallest absolute Gasteiger partial charge is 0.262 e. The third-order valence-electron chi connectivity index (χ3n) is 6.45. The molecule has 0 aliphatic heterocycles. The normalized spacial score (nSPS) is 15.5. The molecule has 6 heteroatoms. The number of primary amides is 1. The first kappa shape index (κ1) is 23.1. The highest BCUT2D eigenvalue weighted by Crippen LogP contribution is 2.39. The zero-order valence-electron chi connectivity index (χ0n) is 19.3. The van der Waals surface area contributed by atoms with Crippen LogP contribution in [-0.4, -0.2) is 18.4 Å². The molecule has 33 heavy (non-hydrogen) atoms. The van der Waals surface area contributed by atoms with Gasteiger partial charge in [-0.25, -0.2) is 0 Å². The third kappa shape index (κ3) is 4.96. The number of fused-ring (bicyclic) bond motifs is 1. The van der Waals surface area contributed by atoms with E-state index in [9.17, 15) is 9.59 Å². The fourth-order valence-corrected chi connectivity index (χ4v) is 5.83. The second-order valence-electron chi connectivity index (χ2n) is 9.27. The van der Waals surface area contributed by atoms with Gasteiger partial charge in [-0.05, 0) is 54.0 Å². The zero-order valence-corrected chi connectivity index (χ0v) is 20.1. The molecule has 3 N–H and O–H groups in total. The monoisotopic (exact) mass is 462 g/mol. The van der Waals surface area contributed by atoms with Gasteiger partial charge in [-0.3, -0.25) is 9.59 Å². The Morgan fingerprint density at radius 1 is 1.09 bits per heavy atom. The second kappa shape index (κ2) is 9.40. The number of anilines is 1. The average Bonchev–Trinajstić information content (AvgIpc) is 3.15. The summed E-state index contributed by atoms with van der Waals surface area (Å²) in [6.45, 7) is 6.43. The summed E-state index contributed by atoms with van der Waals surface area (Å²) in [6, 6.07) is 18.2. The lowest BCUT2D eigenvalue weighted by Gasteiger charge is -2.26. The Morgan fingerprint density at radius 3 is 2.42 bits per heavy atom. The Balaban J connectivity index is 1.40. The van der Waals surface area contributed by atoms with Crippen LogP contribution in [0.4, 0.5) is 5.00 Å². The number of nitrogens with one attached hydrogen (secondary N) is 1. The molecule has 2 aromatic carbocycles. The Labute approximate surface area is 199 Å². The zero-order chi connectivity index (χ0) is 23.6. The number of thiophene rings is 1. The van der Waals surface area contributed by atoms with Gasteiger partial charge in [0.25, 0.3) is 11.8 Å². The maximum absolute atomic E-state index is 12.6. The van der Waals surface area contributed by atoms with Crippen LogP contribution in [0.2, 0.25) is 0 Å². The minimum Gasteiger partial charge on any atom is -0.484 e. The summed E-state index contributed by atoms with van der Waals surface area (Å²) in [7, 11) is 0. The van der Waals surface area contributed by atoms with Crippen LogP contribution in [0.25, 0.3) is 0 Å². The van der Waals surface area contributed by atoms with Crippen LogP contribution in [0.15, 0.2) is 54.6 Å². The fraction of sp³-hybridized carbons (Fsp3) is 0.333. The largest absolute Gasteiger partial charge is 0.484 e. The van der Waals surface area contributed by atoms with Gasteiger partial charge in [-0.15, -0.1) is 11.3 Å². The van der Waals surface area contributed by atoms with E-state index in [-0.39, 0.29) is 17.9 Å². The van der Waals surface area contributed by atoms with Crippen LogP contribution < -0.4 is 15.8 Å². The molecule has 4 rings (SSSR count). The summed E-state index contributed by atoms with van der Waals surface area (Å²) in [5.74, 6) is 0.388. The first-order chi connectivity index (χ1) is 15.8. The molecule has 0 spiro atoms. The van der Waals surface area contributed by atoms with E-state index in [0.29, 0.717) is 22.2 Å². The van der Waals surface area contributed by atoms with E-state index in [1.807, 2.05) is 42.5 Å². The van der Waals surface area contributed by atoms with Crippen molar-refractivity contribution >= 4 is 28.2 Å². The first-order valence-corrected chi connectivity index (χ1v) is 12.1. The van der Waals surface area contributed by atoms with E-state index in [1.54, 1.807) is 0 Å². The molecule has 1 heterocycles. The van der Waals surface area contributed by atoms with Crippen LogP contribution in [0.5, 0.6) is 5.75 Å². The SMILES string of the molecule is CC1CCc2c(sc(NC(=O)COc3ccc(C(C)(C)c4ccccc4)cc3)c2C(N)=O)C1. The summed E-state index contributed by atoms with van der Waals surface area (Å²) in [5.41, 5.74) is 9.35. The van der Waals surface area contributed by atoms with E-state index in [1.165, 1.54) is 16.9 Å². The van der Waals surface area contributed by atoms with Gasteiger partial charge in [-0.2, -0.15) is 0 Å². The van der Waals surface area contributed by atoms with Crippen molar-refractivity contribution in [3.8, 4) is 5.75 Å². The van der Waals surface area contributed by atoms with Crippen molar-refractivity contribution in [3.63, 3.8) is 0 Å². The van der Waals surface area contributed by atoms with E-state index < -0.39 is 5.91 Å². The molecular weight excluding hydrogens is 432 g/mol. The second-order valence-corrected chi connectivity index (χ2v) is 10.4. The van der Waals surface area contributed by atoms with Gasteiger partial charge < -0.3 is 15.8 Å². The molecule has 2 amide bonds. The van der Waals surface area contributed by atoms with Crippen molar-refractivity contribution in [3.05, 3.63) is 81.7 Å². The first-order valence-electron chi connectivity index (χ1n) is 11.3. The number of ether oxygens (including phenoxy) is 1. The van der Waals surface area contributed by atoms with Gasteiger partial charge in [-0.1, -0.05) is 63.2 Å². The Hall–Kier alpha value is -3.12. The van der Waals surface area contributed by atoms with Crippen molar-refractivity contribution in [1.29, 1.82) is 0 Å². The highest BCUT2D eigenvalue weighted by Gasteiger charge is 2.27. The minimum atomic E-state index is -0.491. The van der Waals surface area contributed by atoms with Gasteiger partial charge in [0.05, 0.1) is 5.56 Å². The number of benzene rings is 2. The molecule has 1 unspecified atom stereocenters. The number of nitrogens with two attached hydrogens (primary N) is 1. The Kier molecular flexibility index (Phi) is 6.56. The van der Waals surface area contributed by atoms with Gasteiger partial charge in [0.2, 0.25) is 0 Å². The third-order valence-corrected chi connectivity index (χ3v) is 7.62. The molecule has 1 aromatic heterocycles. The molecule has 5 nitrogen and oxygen atoms in total. The summed E-state index contributed by atoms with van der Waals surface area (Å²) in [5, 5.41) is 3.38. The number of carbonyl (C=O) groups is 2. The molecular formula is C27H30N2O3S. The van der Waals surface area contributed by atoms with Gasteiger partial charge in [0.1, 0.15) is 10.8 Å². The molecule has 0 saturated heterocycles. The summed E-state index contributed by atoms with van der Waals surface area (Å²) < 4.78 is 5.71. The molecule has 3 aromatic rings. The highest BCUT2D eigenvalue weighted by molar-refractivity contribution is 7.17. The molecule has 0 bridgehead atoms. The van der Waals surface area contributed by atoms with Crippen LogP contribution in [0, 0.1) is 5.92 Å². The molecule has 1 atom stereocenters.